The summed E-state index contributed by atoms with van der Waals surface area (Å²) in [6, 6.07) is 10.8. The SMILES string of the molecule is C=CCOC12Oc3ccc(Oc4cccc([N+](=O)[O-])c4)cc3C3C(CCCCO)C(CCCCO)C=C(C(=NOCC)CC1N(C)C(=O)OCCCl)C32. The third kappa shape index (κ3) is 8.80. The Bertz CT molecular complexity index is 1650. The van der Waals surface area contributed by atoms with Crippen LogP contribution in [0.1, 0.15) is 63.4 Å². The van der Waals surface area contributed by atoms with E-state index in [0.717, 1.165) is 36.8 Å². The average molecular weight is 756 g/mol. The third-order valence-electron chi connectivity index (χ3n) is 10.3. The number of nitrogens with zero attached hydrogens (tertiary/aromatic N) is 3. The molecule has 2 aromatic carbocycles. The fourth-order valence-electron chi connectivity index (χ4n) is 8.09. The number of aliphatic hydroxyl groups excluding tert-OH is 2. The van der Waals surface area contributed by atoms with Crippen LogP contribution in [0.15, 0.2) is 71.9 Å². The molecule has 5 rings (SSSR count). The first kappa shape index (κ1) is 40.0. The fraction of sp³-hybridized carbons (Fsp3) is 0.538. The Balaban J connectivity index is 1.74. The van der Waals surface area contributed by atoms with Gasteiger partial charge in [-0.3, -0.25) is 10.1 Å². The van der Waals surface area contributed by atoms with Crippen molar-refractivity contribution in [1.82, 2.24) is 4.90 Å². The second-order valence-corrected chi connectivity index (χ2v) is 13.8. The summed E-state index contributed by atoms with van der Waals surface area (Å²) in [4.78, 5) is 31.8. The third-order valence-corrected chi connectivity index (χ3v) is 10.4. The maximum Gasteiger partial charge on any atom is 0.410 e. The summed E-state index contributed by atoms with van der Waals surface area (Å²) in [5.74, 6) is -0.679. The smallest absolute Gasteiger partial charge is 0.410 e. The van der Waals surface area contributed by atoms with Gasteiger partial charge in [0.25, 0.3) is 5.69 Å². The van der Waals surface area contributed by atoms with Gasteiger partial charge in [-0.1, -0.05) is 36.2 Å². The maximum atomic E-state index is 13.6. The van der Waals surface area contributed by atoms with Crippen molar-refractivity contribution in [2.45, 2.75) is 69.6 Å². The van der Waals surface area contributed by atoms with Gasteiger partial charge in [-0.05, 0) is 74.3 Å². The highest BCUT2D eigenvalue weighted by molar-refractivity contribution is 6.18. The van der Waals surface area contributed by atoms with E-state index in [4.69, 9.17) is 35.4 Å². The Kier molecular flexibility index (Phi) is 14.1. The zero-order valence-corrected chi connectivity index (χ0v) is 31.1. The van der Waals surface area contributed by atoms with Crippen molar-refractivity contribution in [2.75, 3.05) is 46.0 Å². The van der Waals surface area contributed by atoms with E-state index >= 15 is 0 Å². The predicted octanol–water partition coefficient (Wildman–Crippen LogP) is 7.35. The molecule has 14 heteroatoms. The number of carbonyl (C=O) groups excluding carboxylic acids is 1. The van der Waals surface area contributed by atoms with Crippen LogP contribution in [0.2, 0.25) is 0 Å². The molecule has 2 N–H and O–H groups in total. The molecular formula is C39H50ClN3O10. The molecule has 2 aromatic rings. The number of likely N-dealkylation sites (N-methyl/N-ethyl adjacent to an activating group) is 1. The lowest BCUT2D eigenvalue weighted by Crippen LogP contribution is -2.69. The molecule has 0 aromatic heterocycles. The number of carbonyl (C=O) groups is 1. The number of nitro groups is 1. The van der Waals surface area contributed by atoms with E-state index in [-0.39, 0.29) is 62.2 Å². The van der Waals surface area contributed by atoms with Crippen LogP contribution in [0, 0.1) is 27.9 Å². The zero-order chi connectivity index (χ0) is 38.0. The van der Waals surface area contributed by atoms with E-state index in [1.165, 1.54) is 17.0 Å². The highest BCUT2D eigenvalue weighted by atomic mass is 35.5. The predicted molar refractivity (Wildman–Crippen MR) is 200 cm³/mol. The number of allylic oxidation sites excluding steroid dienone is 1. The lowest BCUT2D eigenvalue weighted by molar-refractivity contribution is -0.384. The van der Waals surface area contributed by atoms with Crippen LogP contribution in [0.25, 0.3) is 0 Å². The first-order chi connectivity index (χ1) is 25.7. The molecular weight excluding hydrogens is 706 g/mol. The molecule has 6 atom stereocenters. The van der Waals surface area contributed by atoms with E-state index in [0.29, 0.717) is 42.4 Å². The number of fused-ring (bicyclic) bond motifs is 2. The van der Waals surface area contributed by atoms with Crippen molar-refractivity contribution in [1.29, 1.82) is 0 Å². The molecule has 1 amide bonds. The number of ether oxygens (including phenoxy) is 4. The van der Waals surface area contributed by atoms with Gasteiger partial charge in [0, 0.05) is 44.2 Å². The molecule has 1 saturated carbocycles. The quantitative estimate of drug-likeness (QED) is 0.0488. The summed E-state index contributed by atoms with van der Waals surface area (Å²) in [5.41, 5.74) is 2.33. The van der Waals surface area contributed by atoms with Gasteiger partial charge < -0.3 is 38.9 Å². The van der Waals surface area contributed by atoms with Crippen molar-refractivity contribution < 1.29 is 43.7 Å². The van der Waals surface area contributed by atoms with Gasteiger partial charge in [0.2, 0.25) is 5.79 Å². The van der Waals surface area contributed by atoms with Crippen molar-refractivity contribution in [3.05, 3.63) is 82.4 Å². The summed E-state index contributed by atoms with van der Waals surface area (Å²) in [7, 11) is 1.65. The van der Waals surface area contributed by atoms with Crippen LogP contribution >= 0.6 is 11.6 Å². The topological polar surface area (TPSA) is 162 Å². The number of rotatable bonds is 19. The largest absolute Gasteiger partial charge is 0.459 e. The molecule has 0 bridgehead atoms. The number of alkyl halides is 1. The summed E-state index contributed by atoms with van der Waals surface area (Å²) in [5, 5.41) is 35.7. The molecule has 0 radical (unpaired) electrons. The molecule has 288 valence electrons. The van der Waals surface area contributed by atoms with Gasteiger partial charge in [0.05, 0.1) is 35.1 Å². The first-order valence-electron chi connectivity index (χ1n) is 18.3. The Morgan fingerprint density at radius 1 is 1.15 bits per heavy atom. The summed E-state index contributed by atoms with van der Waals surface area (Å²) in [6.07, 6.45) is 7.95. The van der Waals surface area contributed by atoms with Crippen molar-refractivity contribution in [3.63, 3.8) is 0 Å². The standard InChI is InChI=1S/C39H50ClN3O10/c1-4-20-50-39-35(42(3)38(46)49-21-17-40)25-33(41-51-5-2)31-22-26(11-6-8-18-44)30(14-7-9-19-45)36(37(31)39)32-24-29(15-16-34(32)53-39)52-28-13-10-12-27(23-28)43(47)48/h4,10,12-13,15-16,22-24,26,30,35-37,44-45H,1,5-9,11,14,17-21,25H2,2-3H3. The van der Waals surface area contributed by atoms with E-state index in [1.807, 2.05) is 19.1 Å². The van der Waals surface area contributed by atoms with Crippen LogP contribution in [-0.2, 0) is 14.3 Å². The molecule has 1 fully saturated rings. The van der Waals surface area contributed by atoms with Crippen molar-refractivity contribution in [2.24, 2.45) is 22.9 Å². The molecule has 1 aliphatic heterocycles. The van der Waals surface area contributed by atoms with E-state index in [9.17, 15) is 25.1 Å². The molecule has 53 heavy (non-hydrogen) atoms. The number of unbranched alkanes of at least 4 members (excludes halogenated alkanes) is 2. The number of aliphatic hydroxyl groups is 2. The van der Waals surface area contributed by atoms with E-state index < -0.39 is 28.8 Å². The van der Waals surface area contributed by atoms with Crippen LogP contribution < -0.4 is 9.47 Å². The number of halogens is 1. The Morgan fingerprint density at radius 3 is 2.60 bits per heavy atom. The zero-order valence-electron chi connectivity index (χ0n) is 30.4. The van der Waals surface area contributed by atoms with Gasteiger partial charge >= 0.3 is 6.09 Å². The first-order valence-corrected chi connectivity index (χ1v) is 18.8. The Hall–Kier alpha value is -4.17. The van der Waals surface area contributed by atoms with Crippen LogP contribution in [0.3, 0.4) is 0 Å². The van der Waals surface area contributed by atoms with Gasteiger partial charge in [-0.15, -0.1) is 18.2 Å². The lowest BCUT2D eigenvalue weighted by Gasteiger charge is -2.59. The van der Waals surface area contributed by atoms with Gasteiger partial charge in [0.15, 0.2) is 0 Å². The summed E-state index contributed by atoms with van der Waals surface area (Å²) >= 11 is 5.89. The normalized spacial score (nSPS) is 25.0. The second-order valence-electron chi connectivity index (χ2n) is 13.5. The number of benzene rings is 2. The van der Waals surface area contributed by atoms with Crippen LogP contribution in [-0.4, -0.2) is 89.6 Å². The number of oxime groups is 1. The van der Waals surface area contributed by atoms with Gasteiger partial charge in [0.1, 0.15) is 36.5 Å². The number of non-ortho nitro benzene ring substituents is 1. The molecule has 0 saturated heterocycles. The Morgan fingerprint density at radius 2 is 1.91 bits per heavy atom. The van der Waals surface area contributed by atoms with E-state index in [1.54, 1.807) is 31.3 Å². The second kappa shape index (κ2) is 18.7. The van der Waals surface area contributed by atoms with E-state index in [2.05, 4.69) is 17.8 Å². The van der Waals surface area contributed by atoms with Gasteiger partial charge in [-0.25, -0.2) is 4.79 Å². The Labute approximate surface area is 315 Å². The van der Waals surface area contributed by atoms with Crippen LogP contribution in [0.4, 0.5) is 10.5 Å². The average Bonchev–Trinajstić information content (AvgIpc) is 3.16. The number of hydrogen-bond acceptors (Lipinski definition) is 11. The molecule has 1 heterocycles. The molecule has 6 unspecified atom stereocenters. The van der Waals surface area contributed by atoms with Crippen molar-refractivity contribution in [3.8, 4) is 17.2 Å². The minimum Gasteiger partial charge on any atom is -0.459 e. The lowest BCUT2D eigenvalue weighted by atomic mass is 9.55. The molecule has 0 spiro atoms. The molecule has 2 aliphatic carbocycles. The van der Waals surface area contributed by atoms with Crippen molar-refractivity contribution >= 4 is 29.1 Å². The maximum absolute atomic E-state index is 13.6. The monoisotopic (exact) mass is 755 g/mol. The number of hydrogen-bond donors (Lipinski definition) is 2. The highest BCUT2D eigenvalue weighted by Crippen LogP contribution is 2.62. The fourth-order valence-corrected chi connectivity index (χ4v) is 8.16. The number of nitro benzene ring substituents is 1. The summed E-state index contributed by atoms with van der Waals surface area (Å²) < 4.78 is 25.6. The van der Waals surface area contributed by atoms with Gasteiger partial charge in [-0.2, -0.15) is 0 Å². The minimum absolute atomic E-state index is 0.0111. The molecule has 13 nitrogen and oxygen atoms in total. The molecule has 3 aliphatic rings. The highest BCUT2D eigenvalue weighted by Gasteiger charge is 2.65. The minimum atomic E-state index is -1.43. The summed E-state index contributed by atoms with van der Waals surface area (Å²) in [6.45, 7) is 6.40. The number of amides is 1. The van der Waals surface area contributed by atoms with Crippen LogP contribution in [0.5, 0.6) is 17.2 Å².